The number of fused-ring (bicyclic) bond motifs is 1. The molecule has 5 rings (SSSR count). The van der Waals surface area contributed by atoms with Crippen molar-refractivity contribution in [1.82, 2.24) is 20.2 Å². The van der Waals surface area contributed by atoms with Crippen LogP contribution in [0.1, 0.15) is 11.6 Å². The summed E-state index contributed by atoms with van der Waals surface area (Å²) in [5, 5.41) is 3.94. The number of imidazole rings is 1. The molecule has 10 heteroatoms. The van der Waals surface area contributed by atoms with Crippen molar-refractivity contribution in [2.24, 2.45) is 4.99 Å². The van der Waals surface area contributed by atoms with Gasteiger partial charge in [0, 0.05) is 29.1 Å². The molecule has 2 aliphatic heterocycles. The third-order valence-electron chi connectivity index (χ3n) is 5.54. The number of halogens is 1. The standard InChI is InChI=1S/C22H21BrN6OS2/c23-15-3-1-2-14(10-15)20-21(24-12-19(30)28-6-8-32-9-7-28)29(22(31)27-20)16-4-5-17-18(11-16)26-13-25-17/h1-5,10-11,13,20H,6-9,12H2,(H,25,26)(H,27,31). The van der Waals surface area contributed by atoms with Crippen LogP contribution in [0.5, 0.6) is 0 Å². The van der Waals surface area contributed by atoms with Crippen LogP contribution >= 0.6 is 39.9 Å². The molecule has 0 spiro atoms. The first-order valence-electron chi connectivity index (χ1n) is 10.3. The highest BCUT2D eigenvalue weighted by Crippen LogP contribution is 2.31. The summed E-state index contributed by atoms with van der Waals surface area (Å²) >= 11 is 11.1. The van der Waals surface area contributed by atoms with Gasteiger partial charge in [-0.25, -0.2) is 4.98 Å². The van der Waals surface area contributed by atoms with Crippen molar-refractivity contribution in [1.29, 1.82) is 0 Å². The van der Waals surface area contributed by atoms with E-state index in [9.17, 15) is 4.79 Å². The molecule has 0 radical (unpaired) electrons. The summed E-state index contributed by atoms with van der Waals surface area (Å²) in [5.41, 5.74) is 3.69. The Morgan fingerprint density at radius 1 is 1.25 bits per heavy atom. The maximum absolute atomic E-state index is 12.8. The van der Waals surface area contributed by atoms with E-state index in [2.05, 4.69) is 31.2 Å². The Kier molecular flexibility index (Phi) is 6.16. The number of hydrogen-bond donors (Lipinski definition) is 2. The predicted molar refractivity (Wildman–Crippen MR) is 137 cm³/mol. The van der Waals surface area contributed by atoms with E-state index in [-0.39, 0.29) is 18.5 Å². The molecule has 164 valence electrons. The van der Waals surface area contributed by atoms with E-state index in [1.54, 1.807) is 6.33 Å². The molecule has 2 saturated heterocycles. The lowest BCUT2D eigenvalue weighted by Crippen LogP contribution is -2.40. The molecule has 1 unspecified atom stereocenters. The van der Waals surface area contributed by atoms with E-state index >= 15 is 0 Å². The maximum Gasteiger partial charge on any atom is 0.244 e. The number of nitrogens with one attached hydrogen (secondary N) is 2. The first kappa shape index (κ1) is 21.4. The quantitative estimate of drug-likeness (QED) is 0.502. The summed E-state index contributed by atoms with van der Waals surface area (Å²) in [6.45, 7) is 1.65. The van der Waals surface area contributed by atoms with Crippen LogP contribution in [0.4, 0.5) is 5.69 Å². The first-order chi connectivity index (χ1) is 15.6. The lowest BCUT2D eigenvalue weighted by Gasteiger charge is -2.26. The molecule has 1 atom stereocenters. The molecular weight excluding hydrogens is 508 g/mol. The monoisotopic (exact) mass is 528 g/mol. The number of benzene rings is 2. The molecule has 2 N–H and O–H groups in total. The summed E-state index contributed by atoms with van der Waals surface area (Å²) in [6, 6.07) is 13.7. The number of thioether (sulfide) groups is 1. The van der Waals surface area contributed by atoms with Crippen molar-refractivity contribution in [3.8, 4) is 0 Å². The van der Waals surface area contributed by atoms with E-state index in [1.165, 1.54) is 0 Å². The number of nitrogens with zero attached hydrogens (tertiary/aromatic N) is 4. The normalized spacial score (nSPS) is 20.2. The second kappa shape index (κ2) is 9.21. The fourth-order valence-electron chi connectivity index (χ4n) is 3.94. The van der Waals surface area contributed by atoms with Crippen LogP contribution in [0.2, 0.25) is 0 Å². The number of aliphatic imine (C=N–C) groups is 1. The predicted octanol–water partition coefficient (Wildman–Crippen LogP) is 3.74. The lowest BCUT2D eigenvalue weighted by atomic mass is 10.1. The fourth-order valence-corrected chi connectivity index (χ4v) is 5.58. The number of rotatable bonds is 4. The van der Waals surface area contributed by atoms with Crippen LogP contribution in [0.15, 0.2) is 58.3 Å². The minimum absolute atomic E-state index is 0.0487. The summed E-state index contributed by atoms with van der Waals surface area (Å²) in [4.78, 5) is 28.9. The van der Waals surface area contributed by atoms with Crippen LogP contribution in [-0.2, 0) is 4.79 Å². The number of amides is 1. The van der Waals surface area contributed by atoms with Gasteiger partial charge in [0.15, 0.2) is 5.11 Å². The number of carbonyl (C=O) groups excluding carboxylic acids is 1. The molecule has 7 nitrogen and oxygen atoms in total. The van der Waals surface area contributed by atoms with E-state index in [0.29, 0.717) is 10.9 Å². The topological polar surface area (TPSA) is 76.6 Å². The average molecular weight is 529 g/mol. The molecule has 2 aromatic carbocycles. The Bertz CT molecular complexity index is 1210. The van der Waals surface area contributed by atoms with Gasteiger partial charge in [0.05, 0.1) is 23.0 Å². The van der Waals surface area contributed by atoms with Crippen LogP contribution in [0.3, 0.4) is 0 Å². The molecule has 2 aliphatic rings. The smallest absolute Gasteiger partial charge is 0.244 e. The van der Waals surface area contributed by atoms with Crippen LogP contribution < -0.4 is 10.2 Å². The Labute approximate surface area is 203 Å². The molecule has 0 saturated carbocycles. The molecular formula is C22H21BrN6OS2. The van der Waals surface area contributed by atoms with Gasteiger partial charge in [-0.15, -0.1) is 0 Å². The molecule has 0 bridgehead atoms. The summed E-state index contributed by atoms with van der Waals surface area (Å²) in [6.07, 6.45) is 1.67. The average Bonchev–Trinajstić information content (AvgIpc) is 3.41. The van der Waals surface area contributed by atoms with Crippen molar-refractivity contribution >= 4 is 73.5 Å². The van der Waals surface area contributed by atoms with Gasteiger partial charge in [-0.2, -0.15) is 11.8 Å². The van der Waals surface area contributed by atoms with Gasteiger partial charge >= 0.3 is 0 Å². The van der Waals surface area contributed by atoms with E-state index in [0.717, 1.165) is 51.4 Å². The van der Waals surface area contributed by atoms with Gasteiger partial charge in [0.25, 0.3) is 0 Å². The molecule has 1 aromatic heterocycles. The zero-order chi connectivity index (χ0) is 22.1. The lowest BCUT2D eigenvalue weighted by molar-refractivity contribution is -0.129. The summed E-state index contributed by atoms with van der Waals surface area (Å²) in [5.74, 6) is 2.72. The van der Waals surface area contributed by atoms with Crippen molar-refractivity contribution in [3.63, 3.8) is 0 Å². The van der Waals surface area contributed by atoms with Crippen molar-refractivity contribution in [2.75, 3.05) is 36.0 Å². The highest BCUT2D eigenvalue weighted by molar-refractivity contribution is 9.10. The molecule has 32 heavy (non-hydrogen) atoms. The SMILES string of the molecule is O=C(CN=C1C(c2cccc(Br)c2)NC(=S)N1c1ccc2nc[nH]c2c1)N1CCSCC1. The molecule has 0 aliphatic carbocycles. The third-order valence-corrected chi connectivity index (χ3v) is 7.28. The maximum atomic E-state index is 12.8. The summed E-state index contributed by atoms with van der Waals surface area (Å²) in [7, 11) is 0. The van der Waals surface area contributed by atoms with Crippen LogP contribution in [0, 0.1) is 0 Å². The number of anilines is 1. The molecule has 3 heterocycles. The largest absolute Gasteiger partial charge is 0.348 e. The van der Waals surface area contributed by atoms with Crippen LogP contribution in [-0.4, -0.2) is 62.9 Å². The van der Waals surface area contributed by atoms with Gasteiger partial charge in [-0.1, -0.05) is 28.1 Å². The number of hydrogen-bond acceptors (Lipinski definition) is 5. The summed E-state index contributed by atoms with van der Waals surface area (Å²) < 4.78 is 0.973. The van der Waals surface area contributed by atoms with E-state index in [4.69, 9.17) is 17.2 Å². The second-order valence-corrected chi connectivity index (χ2v) is 10.1. The number of aromatic amines is 1. The Morgan fingerprint density at radius 2 is 2.09 bits per heavy atom. The Morgan fingerprint density at radius 3 is 2.91 bits per heavy atom. The highest BCUT2D eigenvalue weighted by atomic mass is 79.9. The number of thiocarbonyl (C=S) groups is 1. The second-order valence-electron chi connectivity index (χ2n) is 7.54. The van der Waals surface area contributed by atoms with E-state index < -0.39 is 0 Å². The number of aromatic nitrogens is 2. The number of amidine groups is 1. The zero-order valence-corrected chi connectivity index (χ0v) is 20.3. The van der Waals surface area contributed by atoms with Gasteiger partial charge in [-0.3, -0.25) is 14.7 Å². The minimum atomic E-state index is -0.248. The first-order valence-corrected chi connectivity index (χ1v) is 12.6. The number of carbonyl (C=O) groups is 1. The Hall–Kier alpha value is -2.43. The molecule has 3 aromatic rings. The van der Waals surface area contributed by atoms with E-state index in [1.807, 2.05) is 64.0 Å². The van der Waals surface area contributed by atoms with Gasteiger partial charge in [-0.05, 0) is 48.1 Å². The van der Waals surface area contributed by atoms with Crippen molar-refractivity contribution in [3.05, 3.63) is 58.8 Å². The fraction of sp³-hybridized carbons (Fsp3) is 0.273. The minimum Gasteiger partial charge on any atom is -0.348 e. The molecule has 2 fully saturated rings. The zero-order valence-electron chi connectivity index (χ0n) is 17.1. The highest BCUT2D eigenvalue weighted by Gasteiger charge is 2.36. The Balaban J connectivity index is 1.51. The van der Waals surface area contributed by atoms with Gasteiger partial charge < -0.3 is 15.2 Å². The van der Waals surface area contributed by atoms with Gasteiger partial charge in [0.2, 0.25) is 5.91 Å². The number of H-pyrrole nitrogens is 1. The van der Waals surface area contributed by atoms with Crippen LogP contribution in [0.25, 0.3) is 11.0 Å². The van der Waals surface area contributed by atoms with Crippen molar-refractivity contribution < 1.29 is 4.79 Å². The van der Waals surface area contributed by atoms with Crippen molar-refractivity contribution in [2.45, 2.75) is 6.04 Å². The third kappa shape index (κ3) is 4.26. The van der Waals surface area contributed by atoms with Gasteiger partial charge in [0.1, 0.15) is 18.4 Å². The molecule has 1 amide bonds.